The highest BCUT2D eigenvalue weighted by Crippen LogP contribution is 2.23. The molecule has 0 fully saturated rings. The molecule has 2 aromatic heterocycles. The van der Waals surface area contributed by atoms with E-state index in [9.17, 15) is 4.79 Å². The second-order valence-corrected chi connectivity index (χ2v) is 7.79. The van der Waals surface area contributed by atoms with E-state index in [-0.39, 0.29) is 5.91 Å². The van der Waals surface area contributed by atoms with Crippen LogP contribution in [-0.4, -0.2) is 22.5 Å². The number of nitrogens with one attached hydrogen (secondary N) is 1. The Balaban J connectivity index is 1.43. The number of nitrogens with zero attached hydrogens (tertiary/aromatic N) is 2. The van der Waals surface area contributed by atoms with E-state index in [0.717, 1.165) is 11.1 Å². The molecule has 0 radical (unpaired) electrons. The Kier molecular flexibility index (Phi) is 7.00. The lowest BCUT2D eigenvalue weighted by Gasteiger charge is -2.09. The van der Waals surface area contributed by atoms with Crippen LogP contribution in [0.2, 0.25) is 10.0 Å². The van der Waals surface area contributed by atoms with Gasteiger partial charge in [0.2, 0.25) is 5.88 Å². The van der Waals surface area contributed by atoms with E-state index in [4.69, 9.17) is 27.9 Å². The van der Waals surface area contributed by atoms with Gasteiger partial charge in [-0.25, -0.2) is 9.97 Å². The average molecular weight is 464 g/mol. The van der Waals surface area contributed by atoms with Crippen LogP contribution in [0.25, 0.3) is 11.3 Å². The molecule has 0 saturated carbocycles. The number of aromatic nitrogens is 2. The minimum absolute atomic E-state index is 0.238. The van der Waals surface area contributed by atoms with Gasteiger partial charge >= 0.3 is 0 Å². The molecule has 4 aromatic rings. The SMILES string of the molecule is O=C(Nc1ccccn1)c1cccc(-c2cccc(OCCc3ccc(Cl)cc3Cl)n2)c1. The van der Waals surface area contributed by atoms with Crippen LogP contribution >= 0.6 is 23.2 Å². The predicted octanol–water partition coefficient (Wildman–Crippen LogP) is 6.32. The number of rotatable bonds is 7. The summed E-state index contributed by atoms with van der Waals surface area (Å²) in [6.07, 6.45) is 2.26. The number of ether oxygens (including phenoxy) is 1. The lowest BCUT2D eigenvalue weighted by Crippen LogP contribution is -2.12. The minimum Gasteiger partial charge on any atom is -0.477 e. The van der Waals surface area contributed by atoms with E-state index in [2.05, 4.69) is 15.3 Å². The van der Waals surface area contributed by atoms with E-state index in [1.807, 2.05) is 36.4 Å². The maximum absolute atomic E-state index is 12.6. The Labute approximate surface area is 196 Å². The highest BCUT2D eigenvalue weighted by atomic mass is 35.5. The van der Waals surface area contributed by atoms with Crippen LogP contribution in [0.4, 0.5) is 5.82 Å². The average Bonchev–Trinajstić information content (AvgIpc) is 2.81. The van der Waals surface area contributed by atoms with Crippen molar-refractivity contribution in [2.75, 3.05) is 11.9 Å². The largest absolute Gasteiger partial charge is 0.477 e. The summed E-state index contributed by atoms with van der Waals surface area (Å²) in [7, 11) is 0. The topological polar surface area (TPSA) is 64.1 Å². The lowest BCUT2D eigenvalue weighted by molar-refractivity contribution is 0.102. The van der Waals surface area contributed by atoms with Crippen LogP contribution in [0.15, 0.2) is 85.1 Å². The van der Waals surface area contributed by atoms with E-state index >= 15 is 0 Å². The number of anilines is 1. The first kappa shape index (κ1) is 21.8. The van der Waals surface area contributed by atoms with Gasteiger partial charge in [0.1, 0.15) is 5.82 Å². The summed E-state index contributed by atoms with van der Waals surface area (Å²) in [6.45, 7) is 0.421. The summed E-state index contributed by atoms with van der Waals surface area (Å²) in [6, 6.07) is 23.5. The summed E-state index contributed by atoms with van der Waals surface area (Å²) in [5.41, 5.74) is 2.99. The molecule has 0 spiro atoms. The van der Waals surface area contributed by atoms with Crippen molar-refractivity contribution in [2.24, 2.45) is 0 Å². The molecule has 1 amide bonds. The van der Waals surface area contributed by atoms with Crippen LogP contribution in [0.3, 0.4) is 0 Å². The first-order chi connectivity index (χ1) is 15.6. The molecular weight excluding hydrogens is 445 g/mol. The number of hydrogen-bond donors (Lipinski definition) is 1. The van der Waals surface area contributed by atoms with E-state index in [0.29, 0.717) is 46.0 Å². The number of carbonyl (C=O) groups excluding carboxylic acids is 1. The van der Waals surface area contributed by atoms with Gasteiger partial charge in [-0.2, -0.15) is 0 Å². The molecule has 0 unspecified atom stereocenters. The van der Waals surface area contributed by atoms with Gasteiger partial charge in [0.25, 0.3) is 5.91 Å². The summed E-state index contributed by atoms with van der Waals surface area (Å²) in [5.74, 6) is 0.756. The van der Waals surface area contributed by atoms with E-state index < -0.39 is 0 Å². The number of halogens is 2. The van der Waals surface area contributed by atoms with Gasteiger partial charge in [-0.05, 0) is 48.0 Å². The Morgan fingerprint density at radius 3 is 2.62 bits per heavy atom. The monoisotopic (exact) mass is 463 g/mol. The van der Waals surface area contributed by atoms with Crippen molar-refractivity contribution in [3.8, 4) is 17.1 Å². The fraction of sp³-hybridized carbons (Fsp3) is 0.0800. The number of carbonyl (C=O) groups is 1. The van der Waals surface area contributed by atoms with Crippen LogP contribution in [0, 0.1) is 0 Å². The third-order valence-electron chi connectivity index (χ3n) is 4.69. The van der Waals surface area contributed by atoms with Crippen LogP contribution in [-0.2, 0) is 6.42 Å². The number of hydrogen-bond acceptors (Lipinski definition) is 4. The third kappa shape index (κ3) is 5.63. The quantitative estimate of drug-likeness (QED) is 0.348. The van der Waals surface area contributed by atoms with Gasteiger partial charge in [0.05, 0.1) is 12.3 Å². The Hall–Kier alpha value is -3.41. The van der Waals surface area contributed by atoms with Gasteiger partial charge < -0.3 is 10.1 Å². The van der Waals surface area contributed by atoms with Crippen molar-refractivity contribution in [1.29, 1.82) is 0 Å². The molecule has 0 aliphatic carbocycles. The molecule has 7 heteroatoms. The van der Waals surface area contributed by atoms with Crippen molar-refractivity contribution in [3.63, 3.8) is 0 Å². The molecule has 0 saturated heterocycles. The van der Waals surface area contributed by atoms with E-state index in [1.165, 1.54) is 0 Å². The van der Waals surface area contributed by atoms with Crippen LogP contribution in [0.1, 0.15) is 15.9 Å². The Morgan fingerprint density at radius 1 is 0.938 bits per heavy atom. The molecule has 0 aliphatic rings. The first-order valence-electron chi connectivity index (χ1n) is 9.95. The molecule has 1 N–H and O–H groups in total. The molecule has 32 heavy (non-hydrogen) atoms. The molecule has 160 valence electrons. The number of pyridine rings is 2. The van der Waals surface area contributed by atoms with Gasteiger partial charge in [-0.15, -0.1) is 0 Å². The van der Waals surface area contributed by atoms with Crippen molar-refractivity contribution >= 4 is 34.9 Å². The molecule has 0 bridgehead atoms. The highest BCUT2D eigenvalue weighted by Gasteiger charge is 2.10. The standard InChI is InChI=1S/C25H19Cl2N3O2/c26-20-11-10-17(21(27)16-20)12-14-32-24-9-4-7-22(29-24)18-5-3-6-19(15-18)25(31)30-23-8-1-2-13-28-23/h1-11,13,15-16H,12,14H2,(H,28,30,31). The van der Waals surface area contributed by atoms with E-state index in [1.54, 1.807) is 48.7 Å². The van der Waals surface area contributed by atoms with Crippen molar-refractivity contribution in [1.82, 2.24) is 9.97 Å². The predicted molar refractivity (Wildman–Crippen MR) is 128 cm³/mol. The van der Waals surface area contributed by atoms with Crippen molar-refractivity contribution in [2.45, 2.75) is 6.42 Å². The van der Waals surface area contributed by atoms with Gasteiger partial charge in [-0.3, -0.25) is 4.79 Å². The molecular formula is C25H19Cl2N3O2. The molecule has 5 nitrogen and oxygen atoms in total. The van der Waals surface area contributed by atoms with Crippen molar-refractivity contribution in [3.05, 3.63) is 106 Å². The Bertz CT molecular complexity index is 1230. The second-order valence-electron chi connectivity index (χ2n) is 6.95. The lowest BCUT2D eigenvalue weighted by atomic mass is 10.1. The highest BCUT2D eigenvalue weighted by molar-refractivity contribution is 6.35. The van der Waals surface area contributed by atoms with Gasteiger partial charge in [0, 0.05) is 39.9 Å². The zero-order valence-electron chi connectivity index (χ0n) is 17.0. The minimum atomic E-state index is -0.238. The number of benzene rings is 2. The number of amides is 1. The smallest absolute Gasteiger partial charge is 0.256 e. The molecule has 4 rings (SSSR count). The fourth-order valence-electron chi connectivity index (χ4n) is 3.09. The molecule has 0 atom stereocenters. The van der Waals surface area contributed by atoms with Crippen molar-refractivity contribution < 1.29 is 9.53 Å². The summed E-state index contributed by atoms with van der Waals surface area (Å²) in [5, 5.41) is 4.00. The molecule has 0 aliphatic heterocycles. The summed E-state index contributed by atoms with van der Waals surface area (Å²) in [4.78, 5) is 21.3. The summed E-state index contributed by atoms with van der Waals surface area (Å²) >= 11 is 12.2. The normalized spacial score (nSPS) is 10.6. The Morgan fingerprint density at radius 2 is 1.81 bits per heavy atom. The maximum atomic E-state index is 12.6. The maximum Gasteiger partial charge on any atom is 0.256 e. The van der Waals surface area contributed by atoms with Crippen LogP contribution < -0.4 is 10.1 Å². The third-order valence-corrected chi connectivity index (χ3v) is 5.27. The van der Waals surface area contributed by atoms with Gasteiger partial charge in [-0.1, -0.05) is 53.5 Å². The zero-order chi connectivity index (χ0) is 22.3. The summed E-state index contributed by atoms with van der Waals surface area (Å²) < 4.78 is 5.82. The van der Waals surface area contributed by atoms with Crippen LogP contribution in [0.5, 0.6) is 5.88 Å². The first-order valence-corrected chi connectivity index (χ1v) is 10.7. The molecule has 2 aromatic carbocycles. The zero-order valence-corrected chi connectivity index (χ0v) is 18.5. The fourth-order valence-corrected chi connectivity index (χ4v) is 3.59. The second kappa shape index (κ2) is 10.3. The molecule has 2 heterocycles. The van der Waals surface area contributed by atoms with Gasteiger partial charge in [0.15, 0.2) is 0 Å².